The molecule has 3 rings (SSSR count). The van der Waals surface area contributed by atoms with Crippen LogP contribution in [0.4, 0.5) is 0 Å². The van der Waals surface area contributed by atoms with Gasteiger partial charge in [-0.15, -0.1) is 11.3 Å². The fraction of sp³-hybridized carbons (Fsp3) is 0.312. The topological polar surface area (TPSA) is 54.7 Å². The number of thiophene rings is 1. The van der Waals surface area contributed by atoms with Crippen LogP contribution in [0.2, 0.25) is 0 Å². The van der Waals surface area contributed by atoms with Gasteiger partial charge in [-0.05, 0) is 28.8 Å². The maximum absolute atomic E-state index is 13.0. The molecule has 3 heterocycles. The van der Waals surface area contributed by atoms with E-state index in [1.165, 1.54) is 17.4 Å². The Bertz CT molecular complexity index is 852. The molecule has 0 unspecified atom stereocenters. The van der Waals surface area contributed by atoms with E-state index in [1.54, 1.807) is 21.9 Å². The molecule has 0 atom stereocenters. The predicted octanol–water partition coefficient (Wildman–Crippen LogP) is 3.26. The summed E-state index contributed by atoms with van der Waals surface area (Å²) >= 11 is 2.97. The Hall–Kier alpha value is -1.99. The molecular weight excluding hydrogens is 330 g/mol. The van der Waals surface area contributed by atoms with Gasteiger partial charge in [-0.1, -0.05) is 13.3 Å². The zero-order valence-corrected chi connectivity index (χ0v) is 14.4. The third-order valence-corrected chi connectivity index (χ3v) is 5.05. The average molecular weight is 347 g/mol. The number of carbonyl (C=O) groups is 1. The lowest BCUT2D eigenvalue weighted by atomic mass is 10.2. The van der Waals surface area contributed by atoms with Gasteiger partial charge in [0.05, 0.1) is 0 Å². The molecule has 1 amide bonds. The number of hydrogen-bond donors (Lipinski definition) is 0. The third-order valence-electron chi connectivity index (χ3n) is 3.56. The summed E-state index contributed by atoms with van der Waals surface area (Å²) in [6, 6.07) is 3.35. The molecule has 0 saturated heterocycles. The number of nitrogens with zero attached hydrogens (tertiary/aromatic N) is 3. The van der Waals surface area contributed by atoms with Gasteiger partial charge in [-0.25, -0.2) is 0 Å². The number of amides is 1. The minimum absolute atomic E-state index is 0.127. The van der Waals surface area contributed by atoms with Gasteiger partial charge in [0.1, 0.15) is 5.69 Å². The van der Waals surface area contributed by atoms with E-state index in [0.717, 1.165) is 18.4 Å². The first-order valence-electron chi connectivity index (χ1n) is 7.46. The average Bonchev–Trinajstić information content (AvgIpc) is 3.20. The molecule has 0 fully saturated rings. The molecule has 120 valence electrons. The van der Waals surface area contributed by atoms with Crippen LogP contribution in [0.25, 0.3) is 4.96 Å². The molecule has 0 aliphatic rings. The Balaban J connectivity index is 1.95. The molecule has 0 aliphatic carbocycles. The molecule has 0 N–H and O–H groups in total. The Morgan fingerprint density at radius 2 is 2.26 bits per heavy atom. The van der Waals surface area contributed by atoms with Crippen LogP contribution in [0.1, 0.15) is 35.8 Å². The third kappa shape index (κ3) is 3.51. The van der Waals surface area contributed by atoms with E-state index >= 15 is 0 Å². The summed E-state index contributed by atoms with van der Waals surface area (Å²) in [5, 5.41) is 5.88. The van der Waals surface area contributed by atoms with E-state index in [0.29, 0.717) is 23.7 Å². The first-order chi connectivity index (χ1) is 11.2. The number of carbonyl (C=O) groups excluding carboxylic acids is 1. The molecule has 0 bridgehead atoms. The highest BCUT2D eigenvalue weighted by Gasteiger charge is 2.20. The van der Waals surface area contributed by atoms with Crippen molar-refractivity contribution in [2.75, 3.05) is 6.54 Å². The second-order valence-corrected chi connectivity index (χ2v) is 6.90. The van der Waals surface area contributed by atoms with Crippen LogP contribution in [0.5, 0.6) is 0 Å². The van der Waals surface area contributed by atoms with E-state index < -0.39 is 0 Å². The summed E-state index contributed by atoms with van der Waals surface area (Å²) in [7, 11) is 0. The fourth-order valence-electron chi connectivity index (χ4n) is 2.38. The molecule has 0 aromatic carbocycles. The van der Waals surface area contributed by atoms with Crippen LogP contribution in [-0.4, -0.2) is 26.7 Å². The monoisotopic (exact) mass is 347 g/mol. The maximum Gasteiger partial charge on any atom is 0.274 e. The minimum Gasteiger partial charge on any atom is -0.333 e. The lowest BCUT2D eigenvalue weighted by Crippen LogP contribution is -2.33. The van der Waals surface area contributed by atoms with Crippen LogP contribution in [0.15, 0.2) is 39.3 Å². The quantitative estimate of drug-likeness (QED) is 0.688. The molecule has 0 radical (unpaired) electrons. The van der Waals surface area contributed by atoms with Crippen LogP contribution in [0, 0.1) is 0 Å². The SMILES string of the molecule is CCCCN(Cc1ccsc1)C(=O)c1cc(=O)nc2sccn12. The van der Waals surface area contributed by atoms with Crippen molar-refractivity contribution in [2.24, 2.45) is 0 Å². The highest BCUT2D eigenvalue weighted by atomic mass is 32.1. The van der Waals surface area contributed by atoms with Crippen molar-refractivity contribution in [3.63, 3.8) is 0 Å². The number of unbranched alkanes of at least 4 members (excludes halogenated alkanes) is 1. The Morgan fingerprint density at radius 1 is 1.39 bits per heavy atom. The van der Waals surface area contributed by atoms with Gasteiger partial charge in [-0.3, -0.25) is 14.0 Å². The van der Waals surface area contributed by atoms with E-state index in [-0.39, 0.29) is 11.5 Å². The molecule has 3 aromatic heterocycles. The smallest absolute Gasteiger partial charge is 0.274 e. The van der Waals surface area contributed by atoms with E-state index in [4.69, 9.17) is 0 Å². The lowest BCUT2D eigenvalue weighted by molar-refractivity contribution is 0.0733. The summed E-state index contributed by atoms with van der Waals surface area (Å²) in [4.78, 5) is 31.1. The van der Waals surface area contributed by atoms with E-state index in [9.17, 15) is 9.59 Å². The zero-order chi connectivity index (χ0) is 16.2. The first kappa shape index (κ1) is 15.9. The number of thiazole rings is 1. The van der Waals surface area contributed by atoms with Crippen LogP contribution in [0.3, 0.4) is 0 Å². The van der Waals surface area contributed by atoms with Gasteiger partial charge in [0, 0.05) is 30.7 Å². The minimum atomic E-state index is -0.373. The van der Waals surface area contributed by atoms with Crippen LogP contribution in [-0.2, 0) is 6.54 Å². The van der Waals surface area contributed by atoms with Crippen molar-refractivity contribution >= 4 is 33.5 Å². The second-order valence-electron chi connectivity index (χ2n) is 5.25. The second kappa shape index (κ2) is 7.06. The summed E-state index contributed by atoms with van der Waals surface area (Å²) in [6.07, 6.45) is 3.72. The van der Waals surface area contributed by atoms with Crippen molar-refractivity contribution in [2.45, 2.75) is 26.3 Å². The Labute approximate surface area is 141 Å². The zero-order valence-electron chi connectivity index (χ0n) is 12.8. The summed E-state index contributed by atoms with van der Waals surface area (Å²) in [5.74, 6) is -0.127. The van der Waals surface area contributed by atoms with Gasteiger partial charge in [0.2, 0.25) is 0 Å². The number of fused-ring (bicyclic) bond motifs is 1. The molecule has 3 aromatic rings. The highest BCUT2D eigenvalue weighted by molar-refractivity contribution is 7.15. The summed E-state index contributed by atoms with van der Waals surface area (Å²) in [6.45, 7) is 3.33. The van der Waals surface area contributed by atoms with Crippen LogP contribution < -0.4 is 5.56 Å². The largest absolute Gasteiger partial charge is 0.333 e. The van der Waals surface area contributed by atoms with Crippen molar-refractivity contribution < 1.29 is 4.79 Å². The Morgan fingerprint density at radius 3 is 3.00 bits per heavy atom. The van der Waals surface area contributed by atoms with Crippen molar-refractivity contribution in [1.29, 1.82) is 0 Å². The van der Waals surface area contributed by atoms with Crippen LogP contribution >= 0.6 is 22.7 Å². The molecule has 23 heavy (non-hydrogen) atoms. The Kier molecular flexibility index (Phi) is 4.88. The normalized spacial score (nSPS) is 11.0. The molecular formula is C16H17N3O2S2. The number of aromatic nitrogens is 2. The first-order valence-corrected chi connectivity index (χ1v) is 9.28. The molecule has 0 spiro atoms. The van der Waals surface area contributed by atoms with Gasteiger partial charge >= 0.3 is 0 Å². The predicted molar refractivity (Wildman–Crippen MR) is 93.3 cm³/mol. The van der Waals surface area contributed by atoms with Gasteiger partial charge in [0.15, 0.2) is 4.96 Å². The van der Waals surface area contributed by atoms with Crippen molar-refractivity contribution in [1.82, 2.24) is 14.3 Å². The molecule has 7 heteroatoms. The lowest BCUT2D eigenvalue weighted by Gasteiger charge is -2.22. The standard InChI is InChI=1S/C16H17N3O2S2/c1-2-3-5-18(10-12-4-7-22-11-12)15(21)13-9-14(20)17-16-19(13)6-8-23-16/h4,6-9,11H,2-3,5,10H2,1H3. The highest BCUT2D eigenvalue weighted by Crippen LogP contribution is 2.15. The number of hydrogen-bond acceptors (Lipinski definition) is 5. The number of rotatable bonds is 6. The summed E-state index contributed by atoms with van der Waals surface area (Å²) < 4.78 is 1.70. The fourth-order valence-corrected chi connectivity index (χ4v) is 3.76. The summed E-state index contributed by atoms with van der Waals surface area (Å²) in [5.41, 5.74) is 1.12. The molecule has 5 nitrogen and oxygen atoms in total. The van der Waals surface area contributed by atoms with E-state index in [1.807, 2.05) is 27.1 Å². The van der Waals surface area contributed by atoms with Gasteiger partial charge in [-0.2, -0.15) is 16.3 Å². The molecule has 0 aliphatic heterocycles. The van der Waals surface area contributed by atoms with Crippen molar-refractivity contribution in [3.8, 4) is 0 Å². The van der Waals surface area contributed by atoms with Gasteiger partial charge in [0.25, 0.3) is 11.5 Å². The van der Waals surface area contributed by atoms with Crippen molar-refractivity contribution in [3.05, 3.63) is 56.1 Å². The molecule has 0 saturated carbocycles. The van der Waals surface area contributed by atoms with Gasteiger partial charge < -0.3 is 4.90 Å². The maximum atomic E-state index is 13.0. The van der Waals surface area contributed by atoms with E-state index in [2.05, 4.69) is 11.9 Å².